The Morgan fingerprint density at radius 2 is 1.63 bits per heavy atom. The zero-order chi connectivity index (χ0) is 22.7. The van der Waals surface area contributed by atoms with E-state index in [9.17, 15) is 32.3 Å². The van der Waals surface area contributed by atoms with Gasteiger partial charge in [0.1, 0.15) is 5.69 Å². The van der Waals surface area contributed by atoms with Gasteiger partial charge in [-0.1, -0.05) is 0 Å². The molecule has 30 heavy (non-hydrogen) atoms. The Kier molecular flexibility index (Phi) is 7.08. The fourth-order valence-electron chi connectivity index (χ4n) is 3.31. The van der Waals surface area contributed by atoms with Crippen molar-refractivity contribution in [1.29, 1.82) is 0 Å². The second-order valence-electron chi connectivity index (χ2n) is 6.24. The number of carbonyl (C=O) groups excluding carboxylic acids is 2. The predicted octanol–water partition coefficient (Wildman–Crippen LogP) is 1.80. The number of aliphatic hydroxyl groups excluding tert-OH is 1. The summed E-state index contributed by atoms with van der Waals surface area (Å²) in [5, 5.41) is 16.5. The van der Waals surface area contributed by atoms with E-state index in [-0.39, 0.29) is 18.0 Å². The van der Waals surface area contributed by atoms with E-state index in [1.807, 2.05) is 5.32 Å². The van der Waals surface area contributed by atoms with Gasteiger partial charge in [0.15, 0.2) is 23.3 Å². The quantitative estimate of drug-likeness (QED) is 0.312. The lowest BCUT2D eigenvalue weighted by atomic mass is 9.79. The summed E-state index contributed by atoms with van der Waals surface area (Å²) in [6.07, 6.45) is 0. The fourth-order valence-corrected chi connectivity index (χ4v) is 3.31. The zero-order valence-corrected chi connectivity index (χ0v) is 16.7. The number of allylic oxidation sites excluding steroid dienone is 1. The molecule has 1 atom stereocenters. The number of dihydropyridines is 1. The molecule has 1 amide bonds. The van der Waals surface area contributed by atoms with Crippen LogP contribution in [0.5, 0.6) is 0 Å². The van der Waals surface area contributed by atoms with E-state index in [1.165, 1.54) is 20.9 Å². The molecule has 0 spiro atoms. The highest BCUT2D eigenvalue weighted by atomic mass is 19.2. The molecule has 1 aliphatic rings. The second-order valence-corrected chi connectivity index (χ2v) is 6.24. The first-order valence-corrected chi connectivity index (χ1v) is 8.90. The normalized spacial score (nSPS) is 16.4. The molecule has 4 N–H and O–H groups in total. The molecule has 0 aliphatic carbocycles. The maximum atomic E-state index is 15.0. The van der Waals surface area contributed by atoms with Gasteiger partial charge in [0, 0.05) is 25.4 Å². The Hall–Kier alpha value is -3.08. The lowest BCUT2D eigenvalue weighted by Crippen LogP contribution is -2.38. The number of halogens is 4. The van der Waals surface area contributed by atoms with Gasteiger partial charge in [0.25, 0.3) is 0 Å². The third-order valence-corrected chi connectivity index (χ3v) is 4.61. The van der Waals surface area contributed by atoms with Gasteiger partial charge in [-0.3, -0.25) is 4.79 Å². The van der Waals surface area contributed by atoms with Crippen molar-refractivity contribution in [2.75, 3.05) is 32.6 Å². The monoisotopic (exact) mass is 431 g/mol. The fraction of sp³-hybridized carbons (Fsp3) is 0.368. The van der Waals surface area contributed by atoms with Crippen LogP contribution >= 0.6 is 0 Å². The molecule has 0 radical (unpaired) electrons. The highest BCUT2D eigenvalue weighted by molar-refractivity contribution is 6.02. The Bertz CT molecular complexity index is 931. The summed E-state index contributed by atoms with van der Waals surface area (Å²) >= 11 is 0. The first-order chi connectivity index (χ1) is 14.2. The maximum Gasteiger partial charge on any atom is 0.336 e. The molecule has 7 nitrogen and oxygen atoms in total. The lowest BCUT2D eigenvalue weighted by Gasteiger charge is -2.31. The van der Waals surface area contributed by atoms with Crippen LogP contribution in [-0.4, -0.2) is 44.3 Å². The highest BCUT2D eigenvalue weighted by Gasteiger charge is 2.42. The minimum Gasteiger partial charge on any atom is -0.463 e. The molecule has 0 aromatic heterocycles. The van der Waals surface area contributed by atoms with Crippen LogP contribution in [0.15, 0.2) is 22.5 Å². The number of aliphatic hydroxyl groups is 1. The van der Waals surface area contributed by atoms with Crippen LogP contribution in [0.2, 0.25) is 0 Å². The molecule has 1 aromatic rings. The van der Waals surface area contributed by atoms with Crippen molar-refractivity contribution >= 4 is 17.6 Å². The SMILES string of the molecule is CCOC(=O)C1=C(C)NC(CO)=C(C(=O)NC)C1c1c(F)c(F)c(NC)c(F)c1F. The molecule has 0 saturated carbocycles. The van der Waals surface area contributed by atoms with Crippen molar-refractivity contribution in [3.8, 4) is 0 Å². The number of rotatable bonds is 6. The maximum absolute atomic E-state index is 15.0. The van der Waals surface area contributed by atoms with Crippen molar-refractivity contribution in [2.24, 2.45) is 0 Å². The topological polar surface area (TPSA) is 99.7 Å². The van der Waals surface area contributed by atoms with Crippen molar-refractivity contribution in [3.63, 3.8) is 0 Å². The Morgan fingerprint density at radius 1 is 1.07 bits per heavy atom. The van der Waals surface area contributed by atoms with E-state index in [0.717, 1.165) is 7.05 Å². The van der Waals surface area contributed by atoms with E-state index in [0.29, 0.717) is 0 Å². The van der Waals surface area contributed by atoms with Crippen molar-refractivity contribution in [3.05, 3.63) is 51.4 Å². The summed E-state index contributed by atoms with van der Waals surface area (Å²) in [6, 6.07) is 0. The van der Waals surface area contributed by atoms with E-state index < -0.39 is 70.1 Å². The number of likely N-dealkylation sites (N-methyl/N-ethyl adjacent to an activating group) is 1. The molecule has 0 saturated heterocycles. The van der Waals surface area contributed by atoms with Gasteiger partial charge in [-0.15, -0.1) is 0 Å². The highest BCUT2D eigenvalue weighted by Crippen LogP contribution is 2.43. The molecule has 1 aromatic carbocycles. The molecule has 11 heteroatoms. The minimum absolute atomic E-state index is 0.00698. The third-order valence-electron chi connectivity index (χ3n) is 4.61. The molecule has 2 rings (SSSR count). The first kappa shape index (κ1) is 23.2. The Morgan fingerprint density at radius 3 is 2.07 bits per heavy atom. The number of hydrogen-bond donors (Lipinski definition) is 4. The first-order valence-electron chi connectivity index (χ1n) is 8.90. The molecular formula is C19H21F4N3O4. The Labute approximate surface area is 169 Å². The zero-order valence-electron chi connectivity index (χ0n) is 16.7. The summed E-state index contributed by atoms with van der Waals surface area (Å²) in [5.74, 6) is -10.9. The van der Waals surface area contributed by atoms with Crippen LogP contribution in [0.25, 0.3) is 0 Å². The number of nitrogens with one attached hydrogen (secondary N) is 3. The van der Waals surface area contributed by atoms with Crippen molar-refractivity contribution < 1.29 is 37.0 Å². The molecule has 1 aliphatic heterocycles. The molecule has 0 bridgehead atoms. The van der Waals surface area contributed by atoms with Gasteiger partial charge < -0.3 is 25.8 Å². The minimum atomic E-state index is -1.89. The molecular weight excluding hydrogens is 410 g/mol. The van der Waals surface area contributed by atoms with E-state index in [4.69, 9.17) is 4.74 Å². The number of hydrogen-bond acceptors (Lipinski definition) is 6. The van der Waals surface area contributed by atoms with Crippen LogP contribution in [0.4, 0.5) is 23.2 Å². The van der Waals surface area contributed by atoms with E-state index in [1.54, 1.807) is 0 Å². The summed E-state index contributed by atoms with van der Waals surface area (Å²) in [5.41, 5.74) is -3.36. The Balaban J connectivity index is 2.97. The van der Waals surface area contributed by atoms with Gasteiger partial charge in [0.05, 0.1) is 36.0 Å². The smallest absolute Gasteiger partial charge is 0.336 e. The summed E-state index contributed by atoms with van der Waals surface area (Å²) in [6.45, 7) is 1.92. The number of amides is 1. The lowest BCUT2D eigenvalue weighted by molar-refractivity contribution is -0.138. The van der Waals surface area contributed by atoms with Crippen LogP contribution in [0.3, 0.4) is 0 Å². The molecule has 1 unspecified atom stereocenters. The van der Waals surface area contributed by atoms with E-state index >= 15 is 0 Å². The number of anilines is 1. The standard InChI is InChI=1S/C19H21F4N3O4/c1-5-30-19(29)9-7(2)26-8(6-27)10(18(28)25-4)11(9)12-13(20)15(22)17(24-3)16(23)14(12)21/h11,24,26-27H,5-6H2,1-4H3,(H,25,28). The number of esters is 1. The molecule has 1 heterocycles. The average molecular weight is 431 g/mol. The largest absolute Gasteiger partial charge is 0.463 e. The van der Waals surface area contributed by atoms with Crippen LogP contribution < -0.4 is 16.0 Å². The van der Waals surface area contributed by atoms with Gasteiger partial charge >= 0.3 is 5.97 Å². The molecule has 164 valence electrons. The average Bonchev–Trinajstić information content (AvgIpc) is 2.72. The third kappa shape index (κ3) is 3.72. The van der Waals surface area contributed by atoms with Crippen molar-refractivity contribution in [1.82, 2.24) is 10.6 Å². The van der Waals surface area contributed by atoms with Gasteiger partial charge in [-0.25, -0.2) is 22.4 Å². The summed E-state index contributed by atoms with van der Waals surface area (Å²) in [7, 11) is 2.27. The number of ether oxygens (including phenoxy) is 1. The van der Waals surface area contributed by atoms with Crippen LogP contribution in [0, 0.1) is 23.3 Å². The number of carbonyl (C=O) groups is 2. The van der Waals surface area contributed by atoms with Gasteiger partial charge in [0.2, 0.25) is 5.91 Å². The van der Waals surface area contributed by atoms with Crippen LogP contribution in [-0.2, 0) is 14.3 Å². The van der Waals surface area contributed by atoms with Crippen LogP contribution in [0.1, 0.15) is 25.3 Å². The van der Waals surface area contributed by atoms with E-state index in [2.05, 4.69) is 10.6 Å². The summed E-state index contributed by atoms with van der Waals surface area (Å²) in [4.78, 5) is 25.1. The van der Waals surface area contributed by atoms with Crippen molar-refractivity contribution in [2.45, 2.75) is 19.8 Å². The number of benzene rings is 1. The van der Waals surface area contributed by atoms with Gasteiger partial charge in [-0.2, -0.15) is 0 Å². The second kappa shape index (κ2) is 9.16. The predicted molar refractivity (Wildman–Crippen MR) is 99.2 cm³/mol. The van der Waals surface area contributed by atoms with Gasteiger partial charge in [-0.05, 0) is 13.8 Å². The molecule has 0 fully saturated rings. The summed E-state index contributed by atoms with van der Waals surface area (Å²) < 4.78 is 63.8.